The van der Waals surface area contributed by atoms with Crippen LogP contribution in [-0.2, 0) is 4.79 Å². The van der Waals surface area contributed by atoms with Crippen LogP contribution >= 0.6 is 23.2 Å². The second-order valence-electron chi connectivity index (χ2n) is 8.63. The number of benzene rings is 2. The van der Waals surface area contributed by atoms with E-state index in [1.165, 1.54) is 25.7 Å². The summed E-state index contributed by atoms with van der Waals surface area (Å²) >= 11 is 12.0. The van der Waals surface area contributed by atoms with Crippen molar-refractivity contribution in [3.05, 3.63) is 58.1 Å². The number of carbonyl (C=O) groups is 1. The van der Waals surface area contributed by atoms with E-state index in [0.717, 1.165) is 41.3 Å². The van der Waals surface area contributed by atoms with Crippen LogP contribution in [0.15, 0.2) is 42.5 Å². The summed E-state index contributed by atoms with van der Waals surface area (Å²) in [7, 11) is 0. The minimum Gasteiger partial charge on any atom is -0.482 e. The summed E-state index contributed by atoms with van der Waals surface area (Å²) < 4.78 is 5.53. The molecule has 0 spiro atoms. The van der Waals surface area contributed by atoms with Gasteiger partial charge < -0.3 is 15.0 Å². The lowest BCUT2D eigenvalue weighted by molar-refractivity contribution is -0.118. The number of aryl methyl sites for hydroxylation is 1. The van der Waals surface area contributed by atoms with Gasteiger partial charge in [0.2, 0.25) is 0 Å². The zero-order chi connectivity index (χ0) is 23.4. The van der Waals surface area contributed by atoms with Gasteiger partial charge in [-0.3, -0.25) is 4.79 Å². The molecule has 3 aromatic rings. The molecule has 33 heavy (non-hydrogen) atoms. The van der Waals surface area contributed by atoms with Crippen molar-refractivity contribution in [3.63, 3.8) is 0 Å². The molecule has 0 saturated carbocycles. The third-order valence-corrected chi connectivity index (χ3v) is 6.82. The van der Waals surface area contributed by atoms with Crippen molar-refractivity contribution < 1.29 is 9.53 Å². The van der Waals surface area contributed by atoms with Gasteiger partial charge in [-0.25, -0.2) is 4.98 Å². The largest absolute Gasteiger partial charge is 0.482 e. The molecule has 1 aromatic heterocycles. The fourth-order valence-corrected chi connectivity index (χ4v) is 4.81. The topological polar surface area (TPSA) is 54.5 Å². The van der Waals surface area contributed by atoms with Crippen LogP contribution in [0, 0.1) is 12.8 Å². The van der Waals surface area contributed by atoms with Crippen LogP contribution in [0.25, 0.3) is 10.9 Å². The van der Waals surface area contributed by atoms with Gasteiger partial charge in [0.25, 0.3) is 5.91 Å². The summed E-state index contributed by atoms with van der Waals surface area (Å²) in [5.74, 6) is 2.02. The molecule has 1 unspecified atom stereocenters. The summed E-state index contributed by atoms with van der Waals surface area (Å²) in [6.07, 6.45) is 5.00. The molecule has 2 aromatic carbocycles. The van der Waals surface area contributed by atoms with E-state index in [-0.39, 0.29) is 12.5 Å². The minimum atomic E-state index is -0.266. The average molecular weight is 486 g/mol. The van der Waals surface area contributed by atoms with E-state index in [9.17, 15) is 4.79 Å². The minimum absolute atomic E-state index is 0.150. The number of hydrogen-bond donors (Lipinski definition) is 1. The number of amides is 1. The third-order valence-electron chi connectivity index (χ3n) is 6.29. The predicted octanol–water partition coefficient (Wildman–Crippen LogP) is 6.88. The summed E-state index contributed by atoms with van der Waals surface area (Å²) in [6, 6.07) is 12.9. The molecule has 5 nitrogen and oxygen atoms in total. The molecule has 1 amide bonds. The van der Waals surface area contributed by atoms with Crippen LogP contribution in [0.1, 0.15) is 38.2 Å². The van der Waals surface area contributed by atoms with E-state index in [4.69, 9.17) is 32.9 Å². The number of carbonyl (C=O) groups excluding carboxylic acids is 1. The number of hydrogen-bond acceptors (Lipinski definition) is 4. The number of aromatic nitrogens is 1. The molecule has 7 heteroatoms. The smallest absolute Gasteiger partial charge is 0.262 e. The fourth-order valence-electron chi connectivity index (χ4n) is 4.35. The Morgan fingerprint density at radius 3 is 2.79 bits per heavy atom. The van der Waals surface area contributed by atoms with Gasteiger partial charge in [-0.05, 0) is 80.1 Å². The molecule has 2 heterocycles. The molecular weight excluding hydrogens is 457 g/mol. The predicted molar refractivity (Wildman–Crippen MR) is 137 cm³/mol. The molecular formula is C26H29Cl2N3O2. The first-order valence-corrected chi connectivity index (χ1v) is 12.2. The lowest BCUT2D eigenvalue weighted by Crippen LogP contribution is -2.25. The van der Waals surface area contributed by atoms with Gasteiger partial charge in [-0.1, -0.05) is 36.5 Å². The number of ether oxygens (including phenoxy) is 1. The summed E-state index contributed by atoms with van der Waals surface area (Å²) in [5.41, 5.74) is 2.78. The highest BCUT2D eigenvalue weighted by atomic mass is 35.5. The number of rotatable bonds is 6. The number of nitrogens with one attached hydrogen (secondary N) is 1. The molecule has 1 N–H and O–H groups in total. The lowest BCUT2D eigenvalue weighted by atomic mass is 9.98. The number of nitrogens with zero attached hydrogens (tertiary/aromatic N) is 2. The molecule has 1 atom stereocenters. The highest BCUT2D eigenvalue weighted by Gasteiger charge is 2.18. The van der Waals surface area contributed by atoms with Gasteiger partial charge in [0.1, 0.15) is 11.6 Å². The normalized spacial score (nSPS) is 16.5. The standard InChI is InChI=1S/C26H29Cl2N3O2/c1-3-18-5-4-11-31(12-10-18)25-13-17(2)21-15-20(7-8-23(21)30-25)29-26(32)16-33-24-9-6-19(27)14-22(24)28/h6-9,13-15,18H,3-5,10-12,16H2,1-2H3,(H,29,32). The lowest BCUT2D eigenvalue weighted by Gasteiger charge is -2.23. The SMILES string of the molecule is CCC1CCCN(c2cc(C)c3cc(NC(=O)COc4ccc(Cl)cc4Cl)ccc3n2)CC1. The Labute approximate surface area is 205 Å². The first kappa shape index (κ1) is 23.7. The van der Waals surface area contributed by atoms with Crippen molar-refractivity contribution in [3.8, 4) is 5.75 Å². The van der Waals surface area contributed by atoms with Crippen molar-refractivity contribution >= 4 is 51.5 Å². The van der Waals surface area contributed by atoms with E-state index in [0.29, 0.717) is 21.5 Å². The van der Waals surface area contributed by atoms with Crippen molar-refractivity contribution in [1.82, 2.24) is 4.98 Å². The molecule has 4 rings (SSSR count). The van der Waals surface area contributed by atoms with E-state index in [1.807, 2.05) is 18.2 Å². The van der Waals surface area contributed by atoms with Crippen LogP contribution in [-0.4, -0.2) is 30.6 Å². The maximum absolute atomic E-state index is 12.4. The monoisotopic (exact) mass is 485 g/mol. The van der Waals surface area contributed by atoms with Crippen LogP contribution < -0.4 is 15.0 Å². The van der Waals surface area contributed by atoms with Crippen molar-refractivity contribution in [1.29, 1.82) is 0 Å². The van der Waals surface area contributed by atoms with Gasteiger partial charge in [0.15, 0.2) is 6.61 Å². The van der Waals surface area contributed by atoms with Crippen molar-refractivity contribution in [2.24, 2.45) is 5.92 Å². The van der Waals surface area contributed by atoms with Crippen molar-refractivity contribution in [2.75, 3.05) is 29.9 Å². The molecule has 0 bridgehead atoms. The zero-order valence-corrected chi connectivity index (χ0v) is 20.5. The van der Waals surface area contributed by atoms with E-state index < -0.39 is 0 Å². The summed E-state index contributed by atoms with van der Waals surface area (Å²) in [5, 5.41) is 4.80. The highest BCUT2D eigenvalue weighted by Crippen LogP contribution is 2.29. The highest BCUT2D eigenvalue weighted by molar-refractivity contribution is 6.35. The third kappa shape index (κ3) is 5.90. The number of anilines is 2. The van der Waals surface area contributed by atoms with Crippen LogP contribution in [0.2, 0.25) is 10.0 Å². The van der Waals surface area contributed by atoms with Gasteiger partial charge in [-0.15, -0.1) is 0 Å². The molecule has 1 aliphatic heterocycles. The first-order chi connectivity index (χ1) is 15.9. The second kappa shape index (κ2) is 10.6. The van der Waals surface area contributed by atoms with Crippen LogP contribution in [0.5, 0.6) is 5.75 Å². The number of halogens is 2. The average Bonchev–Trinajstić information content (AvgIpc) is 3.04. The van der Waals surface area contributed by atoms with E-state index in [1.54, 1.807) is 18.2 Å². The van der Waals surface area contributed by atoms with Crippen LogP contribution in [0.3, 0.4) is 0 Å². The molecule has 1 aliphatic rings. The molecule has 1 saturated heterocycles. The van der Waals surface area contributed by atoms with Gasteiger partial charge in [0, 0.05) is 29.2 Å². The molecule has 0 radical (unpaired) electrons. The second-order valence-corrected chi connectivity index (χ2v) is 9.48. The van der Waals surface area contributed by atoms with Gasteiger partial charge >= 0.3 is 0 Å². The Balaban J connectivity index is 1.44. The van der Waals surface area contributed by atoms with Crippen molar-refractivity contribution in [2.45, 2.75) is 39.5 Å². The van der Waals surface area contributed by atoms with Crippen LogP contribution in [0.4, 0.5) is 11.5 Å². The van der Waals surface area contributed by atoms with Gasteiger partial charge in [0.05, 0.1) is 10.5 Å². The molecule has 1 fully saturated rings. The maximum atomic E-state index is 12.4. The Morgan fingerprint density at radius 1 is 1.15 bits per heavy atom. The van der Waals surface area contributed by atoms with E-state index >= 15 is 0 Å². The molecule has 0 aliphatic carbocycles. The maximum Gasteiger partial charge on any atom is 0.262 e. The Morgan fingerprint density at radius 2 is 2.00 bits per heavy atom. The van der Waals surface area contributed by atoms with E-state index in [2.05, 4.69) is 30.1 Å². The Kier molecular flexibility index (Phi) is 7.61. The first-order valence-electron chi connectivity index (χ1n) is 11.5. The summed E-state index contributed by atoms with van der Waals surface area (Å²) in [6.45, 7) is 6.34. The Bertz CT molecular complexity index is 1150. The fraction of sp³-hybridized carbons (Fsp3) is 0.385. The zero-order valence-electron chi connectivity index (χ0n) is 19.0. The summed E-state index contributed by atoms with van der Waals surface area (Å²) in [4.78, 5) is 19.7. The Hall–Kier alpha value is -2.50. The quantitative estimate of drug-likeness (QED) is 0.413. The number of fused-ring (bicyclic) bond motifs is 1. The molecule has 174 valence electrons. The van der Waals surface area contributed by atoms with Gasteiger partial charge in [-0.2, -0.15) is 0 Å². The number of pyridine rings is 1.